The van der Waals surface area contributed by atoms with Crippen molar-refractivity contribution in [3.63, 3.8) is 0 Å². The maximum Gasteiger partial charge on any atom is 0.119 e. The third-order valence-corrected chi connectivity index (χ3v) is 3.71. The highest BCUT2D eigenvalue weighted by molar-refractivity contribution is 5.75. The van der Waals surface area contributed by atoms with E-state index in [1.807, 2.05) is 48.5 Å². The van der Waals surface area contributed by atoms with Crippen molar-refractivity contribution in [3.05, 3.63) is 54.4 Å². The molecule has 0 amide bonds. The van der Waals surface area contributed by atoms with Crippen LogP contribution in [0.15, 0.2) is 48.5 Å². The Morgan fingerprint density at radius 1 is 1.04 bits per heavy atom. The van der Waals surface area contributed by atoms with Gasteiger partial charge in [0.2, 0.25) is 0 Å². The van der Waals surface area contributed by atoms with Gasteiger partial charge < -0.3 is 19.1 Å². The molecule has 0 atom stereocenters. The van der Waals surface area contributed by atoms with Gasteiger partial charge in [0.1, 0.15) is 23.9 Å². The third kappa shape index (κ3) is 3.46. The van der Waals surface area contributed by atoms with Crippen molar-refractivity contribution >= 4 is 11.0 Å². The number of nitrogens with zero attached hydrogens (tertiary/aromatic N) is 2. The summed E-state index contributed by atoms with van der Waals surface area (Å²) in [4.78, 5) is 4.58. The lowest BCUT2D eigenvalue weighted by molar-refractivity contribution is 0.283. The SMILES string of the molecule is COc1ccc(OCCn2c(CCO)nc3ccccc32)cc1. The number of hydrogen-bond acceptors (Lipinski definition) is 4. The Hall–Kier alpha value is -2.53. The van der Waals surface area contributed by atoms with Crippen LogP contribution >= 0.6 is 0 Å². The van der Waals surface area contributed by atoms with Crippen LogP contribution in [-0.2, 0) is 13.0 Å². The zero-order valence-corrected chi connectivity index (χ0v) is 13.1. The first kappa shape index (κ1) is 15.4. The lowest BCUT2D eigenvalue weighted by Crippen LogP contribution is -2.12. The number of methoxy groups -OCH3 is 1. The molecule has 23 heavy (non-hydrogen) atoms. The van der Waals surface area contributed by atoms with E-state index in [4.69, 9.17) is 9.47 Å². The fourth-order valence-corrected chi connectivity index (χ4v) is 2.59. The summed E-state index contributed by atoms with van der Waals surface area (Å²) in [7, 11) is 1.64. The second-order valence-corrected chi connectivity index (χ2v) is 5.17. The molecular weight excluding hydrogens is 292 g/mol. The Morgan fingerprint density at radius 2 is 1.78 bits per heavy atom. The van der Waals surface area contributed by atoms with Gasteiger partial charge in [0.15, 0.2) is 0 Å². The van der Waals surface area contributed by atoms with Gasteiger partial charge in [0, 0.05) is 6.42 Å². The number of aliphatic hydroxyl groups excluding tert-OH is 1. The summed E-state index contributed by atoms with van der Waals surface area (Å²) in [6.45, 7) is 1.30. The summed E-state index contributed by atoms with van der Waals surface area (Å²) in [5.74, 6) is 2.49. The molecule has 0 unspecified atom stereocenters. The van der Waals surface area contributed by atoms with Crippen LogP contribution in [0.1, 0.15) is 5.82 Å². The van der Waals surface area contributed by atoms with Gasteiger partial charge in [-0.1, -0.05) is 12.1 Å². The molecule has 0 aliphatic carbocycles. The number of ether oxygens (including phenoxy) is 2. The lowest BCUT2D eigenvalue weighted by Gasteiger charge is -2.10. The molecule has 0 aliphatic heterocycles. The van der Waals surface area contributed by atoms with E-state index in [9.17, 15) is 5.11 Å². The molecule has 0 saturated carbocycles. The quantitative estimate of drug-likeness (QED) is 0.729. The third-order valence-electron chi connectivity index (χ3n) is 3.71. The summed E-state index contributed by atoms with van der Waals surface area (Å²) in [6.07, 6.45) is 0.539. The minimum atomic E-state index is 0.0860. The summed E-state index contributed by atoms with van der Waals surface area (Å²) in [6, 6.07) is 15.5. The van der Waals surface area contributed by atoms with Gasteiger partial charge in [0.25, 0.3) is 0 Å². The van der Waals surface area contributed by atoms with Crippen LogP contribution in [0.25, 0.3) is 11.0 Å². The van der Waals surface area contributed by atoms with Crippen molar-refractivity contribution in [3.8, 4) is 11.5 Å². The Balaban J connectivity index is 1.71. The number of imidazole rings is 1. The predicted molar refractivity (Wildman–Crippen MR) is 89.0 cm³/mol. The van der Waals surface area contributed by atoms with E-state index in [0.717, 1.165) is 28.4 Å². The molecular formula is C18H20N2O3. The number of rotatable bonds is 7. The molecule has 0 fully saturated rings. The highest BCUT2D eigenvalue weighted by Gasteiger charge is 2.09. The molecule has 120 valence electrons. The number of aliphatic hydroxyl groups is 1. The standard InChI is InChI=1S/C18H20N2O3/c1-22-14-6-8-15(9-7-14)23-13-11-20-17-5-3-2-4-16(17)19-18(20)10-12-21/h2-9,21H,10-13H2,1H3. The van der Waals surface area contributed by atoms with Gasteiger partial charge in [-0.25, -0.2) is 4.98 Å². The van der Waals surface area contributed by atoms with Crippen LogP contribution < -0.4 is 9.47 Å². The summed E-state index contributed by atoms with van der Waals surface area (Å²) in [5.41, 5.74) is 2.01. The smallest absolute Gasteiger partial charge is 0.119 e. The van der Waals surface area contributed by atoms with E-state index >= 15 is 0 Å². The van der Waals surface area contributed by atoms with Crippen molar-refractivity contribution in [1.29, 1.82) is 0 Å². The minimum Gasteiger partial charge on any atom is -0.497 e. The second kappa shape index (κ2) is 7.15. The topological polar surface area (TPSA) is 56.5 Å². The Kier molecular flexibility index (Phi) is 4.78. The van der Waals surface area contributed by atoms with Crippen molar-refractivity contribution in [2.24, 2.45) is 0 Å². The minimum absolute atomic E-state index is 0.0860. The molecule has 5 heteroatoms. The Bertz CT molecular complexity index is 766. The van der Waals surface area contributed by atoms with Gasteiger partial charge >= 0.3 is 0 Å². The molecule has 1 N–H and O–H groups in total. The number of hydrogen-bond donors (Lipinski definition) is 1. The molecule has 2 aromatic carbocycles. The first-order valence-corrected chi connectivity index (χ1v) is 7.63. The van der Waals surface area contributed by atoms with E-state index in [1.165, 1.54) is 0 Å². The predicted octanol–water partition coefficient (Wildman–Crippen LogP) is 2.66. The molecule has 0 saturated heterocycles. The fraction of sp³-hybridized carbons (Fsp3) is 0.278. The lowest BCUT2D eigenvalue weighted by atomic mass is 10.3. The fourth-order valence-electron chi connectivity index (χ4n) is 2.59. The van der Waals surface area contributed by atoms with Crippen LogP contribution in [-0.4, -0.2) is 35.0 Å². The number of fused-ring (bicyclic) bond motifs is 1. The molecule has 3 rings (SSSR count). The average Bonchev–Trinajstić information content (AvgIpc) is 2.94. The van der Waals surface area contributed by atoms with E-state index in [0.29, 0.717) is 19.6 Å². The molecule has 3 aromatic rings. The largest absolute Gasteiger partial charge is 0.497 e. The highest BCUT2D eigenvalue weighted by atomic mass is 16.5. The number of benzene rings is 2. The van der Waals surface area contributed by atoms with Crippen LogP contribution in [0.3, 0.4) is 0 Å². The van der Waals surface area contributed by atoms with E-state index < -0.39 is 0 Å². The molecule has 5 nitrogen and oxygen atoms in total. The summed E-state index contributed by atoms with van der Waals surface area (Å²) >= 11 is 0. The number of aromatic nitrogens is 2. The van der Waals surface area contributed by atoms with Crippen molar-refractivity contribution in [1.82, 2.24) is 9.55 Å². The summed E-state index contributed by atoms with van der Waals surface area (Å²) in [5, 5.41) is 9.23. The first-order valence-electron chi connectivity index (χ1n) is 7.63. The van der Waals surface area contributed by atoms with Crippen molar-refractivity contribution in [2.75, 3.05) is 20.3 Å². The van der Waals surface area contributed by atoms with E-state index in [-0.39, 0.29) is 6.61 Å². The zero-order chi connectivity index (χ0) is 16.1. The summed E-state index contributed by atoms with van der Waals surface area (Å²) < 4.78 is 13.0. The van der Waals surface area contributed by atoms with Gasteiger partial charge in [-0.3, -0.25) is 0 Å². The van der Waals surface area contributed by atoms with E-state index in [1.54, 1.807) is 7.11 Å². The monoisotopic (exact) mass is 312 g/mol. The zero-order valence-electron chi connectivity index (χ0n) is 13.1. The maximum atomic E-state index is 9.23. The average molecular weight is 312 g/mol. The van der Waals surface area contributed by atoms with Gasteiger partial charge in [-0.15, -0.1) is 0 Å². The highest BCUT2D eigenvalue weighted by Crippen LogP contribution is 2.19. The Labute approximate surface area is 135 Å². The van der Waals surface area contributed by atoms with Gasteiger partial charge in [0.05, 0.1) is 31.3 Å². The van der Waals surface area contributed by atoms with Crippen LogP contribution in [0.5, 0.6) is 11.5 Å². The van der Waals surface area contributed by atoms with Crippen LogP contribution in [0.4, 0.5) is 0 Å². The van der Waals surface area contributed by atoms with Crippen molar-refractivity contribution in [2.45, 2.75) is 13.0 Å². The molecule has 0 bridgehead atoms. The first-order chi connectivity index (χ1) is 11.3. The van der Waals surface area contributed by atoms with Gasteiger partial charge in [-0.05, 0) is 36.4 Å². The molecule has 1 aromatic heterocycles. The second-order valence-electron chi connectivity index (χ2n) is 5.17. The van der Waals surface area contributed by atoms with E-state index in [2.05, 4.69) is 9.55 Å². The Morgan fingerprint density at radius 3 is 2.52 bits per heavy atom. The number of para-hydroxylation sites is 2. The normalized spacial score (nSPS) is 10.9. The molecule has 1 heterocycles. The van der Waals surface area contributed by atoms with Crippen LogP contribution in [0, 0.1) is 0 Å². The maximum absolute atomic E-state index is 9.23. The molecule has 0 aliphatic rings. The molecule has 0 spiro atoms. The molecule has 0 radical (unpaired) electrons. The van der Waals surface area contributed by atoms with Gasteiger partial charge in [-0.2, -0.15) is 0 Å². The van der Waals surface area contributed by atoms with Crippen LogP contribution in [0.2, 0.25) is 0 Å². The van der Waals surface area contributed by atoms with Crippen molar-refractivity contribution < 1.29 is 14.6 Å².